The van der Waals surface area contributed by atoms with Gasteiger partial charge in [0.25, 0.3) is 0 Å². The van der Waals surface area contributed by atoms with Crippen LogP contribution in [0.25, 0.3) is 0 Å². The van der Waals surface area contributed by atoms with Gasteiger partial charge in [-0.2, -0.15) is 0 Å². The van der Waals surface area contributed by atoms with Crippen LogP contribution in [-0.2, 0) is 14.6 Å². The second kappa shape index (κ2) is 6.52. The monoisotopic (exact) mass is 276 g/mol. The molecule has 0 saturated carbocycles. The molecular weight excluding hydrogens is 252 g/mol. The third kappa shape index (κ3) is 6.96. The first-order chi connectivity index (χ1) is 8.29. The van der Waals surface area contributed by atoms with Gasteiger partial charge >= 0.3 is 0 Å². The standard InChI is InChI=1S/C12H24N2O3S/c1-12(2)9-17-11(14-12)7-5-4-6-8-13-10-18(3,15)16/h13H,4-10H2,1-3H3. The molecule has 0 fully saturated rings. The predicted molar refractivity (Wildman–Crippen MR) is 73.6 cm³/mol. The Balaban J connectivity index is 2.00. The summed E-state index contributed by atoms with van der Waals surface area (Å²) in [4.78, 5) is 4.49. The van der Waals surface area contributed by atoms with Gasteiger partial charge in [0.2, 0.25) is 0 Å². The highest BCUT2D eigenvalue weighted by atomic mass is 32.2. The summed E-state index contributed by atoms with van der Waals surface area (Å²) in [6.45, 7) is 5.55. The average molecular weight is 276 g/mol. The van der Waals surface area contributed by atoms with Gasteiger partial charge in [-0.05, 0) is 33.2 Å². The molecule has 0 unspecified atom stereocenters. The fourth-order valence-electron chi connectivity index (χ4n) is 1.75. The van der Waals surface area contributed by atoms with Crippen molar-refractivity contribution in [1.82, 2.24) is 5.32 Å². The number of hydrogen-bond acceptors (Lipinski definition) is 5. The Bertz CT molecular complexity index is 388. The molecule has 0 aromatic heterocycles. The zero-order valence-corrected chi connectivity index (χ0v) is 12.3. The number of aliphatic imine (C=N–C) groups is 1. The number of unbranched alkanes of at least 4 members (excludes halogenated alkanes) is 2. The number of ether oxygens (including phenoxy) is 1. The molecule has 1 rings (SSSR count). The molecule has 106 valence electrons. The Morgan fingerprint density at radius 3 is 2.61 bits per heavy atom. The van der Waals surface area contributed by atoms with Crippen LogP contribution in [0.5, 0.6) is 0 Å². The number of rotatable bonds is 8. The number of sulfone groups is 1. The van der Waals surface area contributed by atoms with Gasteiger partial charge in [-0.3, -0.25) is 0 Å². The maximum absolute atomic E-state index is 10.9. The fraction of sp³-hybridized carbons (Fsp3) is 0.917. The van der Waals surface area contributed by atoms with Crippen molar-refractivity contribution in [3.63, 3.8) is 0 Å². The molecule has 0 radical (unpaired) electrons. The largest absolute Gasteiger partial charge is 0.478 e. The summed E-state index contributed by atoms with van der Waals surface area (Å²) in [6.07, 6.45) is 5.19. The Labute approximate surface area is 110 Å². The Kier molecular flexibility index (Phi) is 5.59. The second-order valence-electron chi connectivity index (χ2n) is 5.49. The first-order valence-corrected chi connectivity index (χ1v) is 8.44. The highest BCUT2D eigenvalue weighted by Gasteiger charge is 2.25. The summed E-state index contributed by atoms with van der Waals surface area (Å²) >= 11 is 0. The van der Waals surface area contributed by atoms with E-state index in [0.29, 0.717) is 6.61 Å². The van der Waals surface area contributed by atoms with Gasteiger partial charge in [0.15, 0.2) is 15.7 Å². The first kappa shape index (κ1) is 15.4. The molecule has 0 bridgehead atoms. The lowest BCUT2D eigenvalue weighted by atomic mass is 10.1. The van der Waals surface area contributed by atoms with E-state index in [4.69, 9.17) is 4.74 Å². The van der Waals surface area contributed by atoms with Crippen LogP contribution in [0.3, 0.4) is 0 Å². The van der Waals surface area contributed by atoms with E-state index in [1.54, 1.807) is 0 Å². The minimum absolute atomic E-state index is 0.0631. The van der Waals surface area contributed by atoms with Crippen molar-refractivity contribution < 1.29 is 13.2 Å². The van der Waals surface area contributed by atoms with E-state index in [1.807, 2.05) is 0 Å². The van der Waals surface area contributed by atoms with Gasteiger partial charge in [-0.15, -0.1) is 0 Å². The van der Waals surface area contributed by atoms with Gasteiger partial charge in [0.05, 0.1) is 11.4 Å². The smallest absolute Gasteiger partial charge is 0.183 e. The molecule has 0 aliphatic carbocycles. The quantitative estimate of drug-likeness (QED) is 0.679. The van der Waals surface area contributed by atoms with Crippen LogP contribution in [0, 0.1) is 0 Å². The minimum atomic E-state index is -2.89. The Hall–Kier alpha value is -0.620. The molecule has 1 aliphatic rings. The van der Waals surface area contributed by atoms with Crippen LogP contribution in [0.4, 0.5) is 0 Å². The summed E-state index contributed by atoms with van der Waals surface area (Å²) in [6, 6.07) is 0. The molecule has 0 amide bonds. The topological polar surface area (TPSA) is 67.8 Å². The highest BCUT2D eigenvalue weighted by Crippen LogP contribution is 2.19. The first-order valence-electron chi connectivity index (χ1n) is 6.38. The molecular formula is C12H24N2O3S. The average Bonchev–Trinajstić information content (AvgIpc) is 2.55. The summed E-state index contributed by atoms with van der Waals surface area (Å²) in [5.41, 5.74) is -0.0631. The molecule has 0 saturated heterocycles. The third-order valence-electron chi connectivity index (χ3n) is 2.63. The molecule has 0 aromatic rings. The summed E-state index contributed by atoms with van der Waals surface area (Å²) in [7, 11) is -2.89. The minimum Gasteiger partial charge on any atom is -0.478 e. The molecule has 1 N–H and O–H groups in total. The summed E-state index contributed by atoms with van der Waals surface area (Å²) in [5, 5.41) is 2.92. The van der Waals surface area contributed by atoms with Crippen molar-refractivity contribution >= 4 is 15.7 Å². The van der Waals surface area contributed by atoms with Gasteiger partial charge in [0, 0.05) is 12.7 Å². The van der Waals surface area contributed by atoms with Gasteiger partial charge in [0.1, 0.15) is 6.61 Å². The maximum atomic E-state index is 10.9. The highest BCUT2D eigenvalue weighted by molar-refractivity contribution is 7.90. The number of nitrogens with one attached hydrogen (secondary N) is 1. The normalized spacial score (nSPS) is 18.5. The van der Waals surface area contributed by atoms with Crippen molar-refractivity contribution in [3.05, 3.63) is 0 Å². The molecule has 1 aliphatic heterocycles. The lowest BCUT2D eigenvalue weighted by molar-refractivity contribution is 0.273. The fourth-order valence-corrected chi connectivity index (χ4v) is 2.27. The van der Waals surface area contributed by atoms with E-state index in [2.05, 4.69) is 24.2 Å². The SMILES string of the molecule is CC1(C)COC(CCCCCNCS(C)(=O)=O)=N1. The van der Waals surface area contributed by atoms with E-state index in [1.165, 1.54) is 6.26 Å². The van der Waals surface area contributed by atoms with Crippen LogP contribution in [0.2, 0.25) is 0 Å². The van der Waals surface area contributed by atoms with Gasteiger partial charge in [-0.1, -0.05) is 6.42 Å². The van der Waals surface area contributed by atoms with E-state index >= 15 is 0 Å². The van der Waals surface area contributed by atoms with E-state index in [9.17, 15) is 8.42 Å². The van der Waals surface area contributed by atoms with Crippen LogP contribution in [-0.4, -0.2) is 45.1 Å². The van der Waals surface area contributed by atoms with Crippen molar-refractivity contribution in [2.24, 2.45) is 4.99 Å². The van der Waals surface area contributed by atoms with Crippen molar-refractivity contribution in [2.45, 2.75) is 45.1 Å². The Morgan fingerprint density at radius 2 is 2.06 bits per heavy atom. The molecule has 6 heteroatoms. The van der Waals surface area contributed by atoms with E-state index in [-0.39, 0.29) is 11.4 Å². The maximum Gasteiger partial charge on any atom is 0.183 e. The zero-order valence-electron chi connectivity index (χ0n) is 11.5. The lowest BCUT2D eigenvalue weighted by Gasteiger charge is -2.07. The Morgan fingerprint density at radius 1 is 1.33 bits per heavy atom. The molecule has 18 heavy (non-hydrogen) atoms. The molecule has 1 heterocycles. The van der Waals surface area contributed by atoms with Gasteiger partial charge < -0.3 is 10.1 Å². The number of nitrogens with zero attached hydrogens (tertiary/aromatic N) is 1. The predicted octanol–water partition coefficient (Wildman–Crippen LogP) is 1.35. The molecule has 0 spiro atoms. The molecule has 0 atom stereocenters. The lowest BCUT2D eigenvalue weighted by Crippen LogP contribution is -2.23. The summed E-state index contributed by atoms with van der Waals surface area (Å²) in [5.74, 6) is 0.931. The molecule has 5 nitrogen and oxygen atoms in total. The van der Waals surface area contributed by atoms with Crippen molar-refractivity contribution in [1.29, 1.82) is 0 Å². The van der Waals surface area contributed by atoms with Crippen molar-refractivity contribution in [3.8, 4) is 0 Å². The van der Waals surface area contributed by atoms with Crippen LogP contribution < -0.4 is 5.32 Å². The van der Waals surface area contributed by atoms with E-state index < -0.39 is 9.84 Å². The van der Waals surface area contributed by atoms with Gasteiger partial charge in [-0.25, -0.2) is 13.4 Å². The van der Waals surface area contributed by atoms with E-state index in [0.717, 1.165) is 38.1 Å². The summed E-state index contributed by atoms with van der Waals surface area (Å²) < 4.78 is 27.2. The zero-order chi connectivity index (χ0) is 13.6. The molecule has 0 aromatic carbocycles. The van der Waals surface area contributed by atoms with Crippen LogP contribution >= 0.6 is 0 Å². The third-order valence-corrected chi connectivity index (χ3v) is 3.36. The van der Waals surface area contributed by atoms with Crippen LogP contribution in [0.15, 0.2) is 4.99 Å². The van der Waals surface area contributed by atoms with Crippen LogP contribution in [0.1, 0.15) is 39.5 Å². The second-order valence-corrected chi connectivity index (χ2v) is 7.63. The number of hydrogen-bond donors (Lipinski definition) is 1. The van der Waals surface area contributed by atoms with Crippen molar-refractivity contribution in [2.75, 3.05) is 25.3 Å².